The first-order valence-corrected chi connectivity index (χ1v) is 5.39. The summed E-state index contributed by atoms with van der Waals surface area (Å²) in [5, 5.41) is 0. The lowest BCUT2D eigenvalue weighted by molar-refractivity contribution is -0.142. The molecule has 0 aromatic heterocycles. The minimum Gasteiger partial charge on any atom is -0.468 e. The van der Waals surface area contributed by atoms with E-state index in [1.54, 1.807) is 0 Å². The summed E-state index contributed by atoms with van der Waals surface area (Å²) in [6, 6.07) is -0.509. The number of hydrogen-bond acceptors (Lipinski definition) is 4. The second-order valence-electron chi connectivity index (χ2n) is 4.51. The molecule has 0 fully saturated rings. The van der Waals surface area contributed by atoms with E-state index >= 15 is 0 Å². The van der Waals surface area contributed by atoms with E-state index in [4.69, 9.17) is 5.73 Å². The second kappa shape index (κ2) is 6.08. The van der Waals surface area contributed by atoms with Gasteiger partial charge in [-0.2, -0.15) is 0 Å². The minimum absolute atomic E-state index is 0.149. The fourth-order valence-corrected chi connectivity index (χ4v) is 1.17. The van der Waals surface area contributed by atoms with Crippen LogP contribution in [0.3, 0.4) is 0 Å². The van der Waals surface area contributed by atoms with E-state index in [9.17, 15) is 4.79 Å². The normalized spacial score (nSPS) is 14.1. The van der Waals surface area contributed by atoms with Crippen LogP contribution in [0, 0.1) is 0 Å². The van der Waals surface area contributed by atoms with Crippen LogP contribution in [0.25, 0.3) is 0 Å². The van der Waals surface area contributed by atoms with Gasteiger partial charge in [-0.25, -0.2) is 0 Å². The summed E-state index contributed by atoms with van der Waals surface area (Å²) in [5.74, 6) is -0.335. The third kappa shape index (κ3) is 4.62. The van der Waals surface area contributed by atoms with Crippen molar-refractivity contribution in [2.24, 2.45) is 5.73 Å². The molecule has 0 aliphatic rings. The van der Waals surface area contributed by atoms with Crippen molar-refractivity contribution in [3.8, 4) is 0 Å². The number of ether oxygens (including phenoxy) is 1. The predicted octanol–water partition coefficient (Wildman–Crippen LogP) is 0.997. The first kappa shape index (κ1) is 14.4. The van der Waals surface area contributed by atoms with Crippen LogP contribution < -0.4 is 5.73 Å². The lowest BCUT2D eigenvalue weighted by Crippen LogP contribution is -2.43. The van der Waals surface area contributed by atoms with E-state index in [-0.39, 0.29) is 11.5 Å². The van der Waals surface area contributed by atoms with Crippen molar-refractivity contribution in [1.82, 2.24) is 4.90 Å². The summed E-state index contributed by atoms with van der Waals surface area (Å²) in [5.41, 5.74) is 5.81. The Hall–Kier alpha value is -0.610. The van der Waals surface area contributed by atoms with Gasteiger partial charge in [0.25, 0.3) is 0 Å². The van der Waals surface area contributed by atoms with Crippen LogP contribution >= 0.6 is 0 Å². The Morgan fingerprint density at radius 2 is 2.07 bits per heavy atom. The summed E-state index contributed by atoms with van der Waals surface area (Å²) >= 11 is 0. The topological polar surface area (TPSA) is 55.6 Å². The Labute approximate surface area is 92.8 Å². The average molecular weight is 216 g/mol. The van der Waals surface area contributed by atoms with E-state index in [0.29, 0.717) is 6.42 Å². The Kier molecular flexibility index (Phi) is 5.83. The van der Waals surface area contributed by atoms with Crippen molar-refractivity contribution >= 4 is 5.97 Å². The molecule has 1 unspecified atom stereocenters. The van der Waals surface area contributed by atoms with Gasteiger partial charge < -0.3 is 15.4 Å². The molecule has 0 aromatic rings. The third-order valence-electron chi connectivity index (χ3n) is 3.18. The Morgan fingerprint density at radius 1 is 1.53 bits per heavy atom. The lowest BCUT2D eigenvalue weighted by Gasteiger charge is -2.35. The van der Waals surface area contributed by atoms with Gasteiger partial charge in [-0.05, 0) is 33.7 Å². The lowest BCUT2D eigenvalue weighted by atomic mass is 9.99. The largest absolute Gasteiger partial charge is 0.468 e. The van der Waals surface area contributed by atoms with Crippen LogP contribution in [0.5, 0.6) is 0 Å². The highest BCUT2D eigenvalue weighted by Gasteiger charge is 2.22. The number of carbonyl (C=O) groups is 1. The fourth-order valence-electron chi connectivity index (χ4n) is 1.17. The van der Waals surface area contributed by atoms with Gasteiger partial charge >= 0.3 is 5.97 Å². The Morgan fingerprint density at radius 3 is 2.47 bits per heavy atom. The predicted molar refractivity (Wildman–Crippen MR) is 61.6 cm³/mol. The summed E-state index contributed by atoms with van der Waals surface area (Å²) in [4.78, 5) is 13.3. The Balaban J connectivity index is 4.00. The van der Waals surface area contributed by atoms with E-state index in [2.05, 4.69) is 30.4 Å². The molecule has 0 aliphatic heterocycles. The zero-order valence-corrected chi connectivity index (χ0v) is 10.5. The quantitative estimate of drug-likeness (QED) is 0.673. The number of rotatable bonds is 6. The maximum atomic E-state index is 11.1. The molecule has 4 nitrogen and oxygen atoms in total. The molecule has 0 spiro atoms. The summed E-state index contributed by atoms with van der Waals surface area (Å²) < 4.78 is 4.57. The first-order valence-electron chi connectivity index (χ1n) is 5.39. The van der Waals surface area contributed by atoms with Crippen molar-refractivity contribution in [1.29, 1.82) is 0 Å². The molecule has 0 saturated carbocycles. The van der Waals surface area contributed by atoms with Crippen LogP contribution in [0.1, 0.15) is 33.6 Å². The smallest absolute Gasteiger partial charge is 0.322 e. The van der Waals surface area contributed by atoms with Crippen molar-refractivity contribution < 1.29 is 9.53 Å². The maximum absolute atomic E-state index is 11.1. The zero-order valence-electron chi connectivity index (χ0n) is 10.5. The van der Waals surface area contributed by atoms with Gasteiger partial charge in [-0.3, -0.25) is 4.79 Å². The molecule has 4 heteroatoms. The average Bonchev–Trinajstić information content (AvgIpc) is 2.23. The van der Waals surface area contributed by atoms with Gasteiger partial charge in [0.15, 0.2) is 0 Å². The van der Waals surface area contributed by atoms with Crippen LogP contribution in [0.2, 0.25) is 0 Å². The molecular formula is C11H24N2O2. The number of carbonyl (C=O) groups excluding carboxylic acids is 1. The van der Waals surface area contributed by atoms with Crippen LogP contribution in [0.15, 0.2) is 0 Å². The third-order valence-corrected chi connectivity index (χ3v) is 3.18. The van der Waals surface area contributed by atoms with Crippen LogP contribution in [-0.2, 0) is 9.53 Å². The van der Waals surface area contributed by atoms with Crippen molar-refractivity contribution in [3.05, 3.63) is 0 Å². The Bertz CT molecular complexity index is 205. The highest BCUT2D eigenvalue weighted by atomic mass is 16.5. The second-order valence-corrected chi connectivity index (χ2v) is 4.51. The van der Waals surface area contributed by atoms with Crippen molar-refractivity contribution in [2.75, 3.05) is 20.7 Å². The molecule has 2 N–H and O–H groups in total. The molecular weight excluding hydrogens is 192 g/mol. The monoisotopic (exact) mass is 216 g/mol. The van der Waals surface area contributed by atoms with Gasteiger partial charge in [-0.1, -0.05) is 6.92 Å². The van der Waals surface area contributed by atoms with Gasteiger partial charge in [-0.15, -0.1) is 0 Å². The summed E-state index contributed by atoms with van der Waals surface area (Å²) in [7, 11) is 3.41. The van der Waals surface area contributed by atoms with Gasteiger partial charge in [0.05, 0.1) is 7.11 Å². The minimum atomic E-state index is -0.509. The standard InChI is InChI=1S/C11H24N2O2/c1-6-11(2,3)13(4)8-7-9(12)10(14)15-5/h9H,6-8,12H2,1-5H3. The number of hydrogen-bond donors (Lipinski definition) is 1. The van der Waals surface area contributed by atoms with Crippen molar-refractivity contribution in [2.45, 2.75) is 45.2 Å². The molecule has 0 aromatic carbocycles. The molecule has 0 bridgehead atoms. The van der Waals surface area contributed by atoms with Gasteiger partial charge in [0.2, 0.25) is 0 Å². The highest BCUT2D eigenvalue weighted by molar-refractivity contribution is 5.75. The van der Waals surface area contributed by atoms with Crippen LogP contribution in [-0.4, -0.2) is 43.2 Å². The van der Waals surface area contributed by atoms with Gasteiger partial charge in [0, 0.05) is 12.1 Å². The molecule has 90 valence electrons. The van der Waals surface area contributed by atoms with Gasteiger partial charge in [0.1, 0.15) is 6.04 Å². The molecule has 0 radical (unpaired) electrons. The first-order chi connectivity index (χ1) is 6.85. The molecule has 15 heavy (non-hydrogen) atoms. The number of nitrogens with zero attached hydrogens (tertiary/aromatic N) is 1. The molecule has 0 rings (SSSR count). The van der Waals surface area contributed by atoms with E-state index in [1.807, 2.05) is 7.05 Å². The van der Waals surface area contributed by atoms with Crippen molar-refractivity contribution in [3.63, 3.8) is 0 Å². The zero-order chi connectivity index (χ0) is 12.1. The van der Waals surface area contributed by atoms with E-state index in [0.717, 1.165) is 13.0 Å². The molecule has 0 saturated heterocycles. The summed E-state index contributed by atoms with van der Waals surface area (Å²) in [6.45, 7) is 7.31. The van der Waals surface area contributed by atoms with E-state index < -0.39 is 6.04 Å². The number of esters is 1. The SMILES string of the molecule is CCC(C)(C)N(C)CCC(N)C(=O)OC. The molecule has 0 heterocycles. The molecule has 0 aliphatic carbocycles. The highest BCUT2D eigenvalue weighted by Crippen LogP contribution is 2.16. The van der Waals surface area contributed by atoms with Crippen LogP contribution in [0.4, 0.5) is 0 Å². The van der Waals surface area contributed by atoms with E-state index in [1.165, 1.54) is 7.11 Å². The maximum Gasteiger partial charge on any atom is 0.322 e. The molecule has 0 amide bonds. The number of nitrogens with two attached hydrogens (primary N) is 1. The molecule has 1 atom stereocenters. The fraction of sp³-hybridized carbons (Fsp3) is 0.909. The number of methoxy groups -OCH3 is 1. The summed E-state index contributed by atoms with van der Waals surface area (Å²) in [6.07, 6.45) is 1.70.